The Balaban J connectivity index is 2.03. The summed E-state index contributed by atoms with van der Waals surface area (Å²) in [7, 11) is 0. The van der Waals surface area contributed by atoms with E-state index < -0.39 is 0 Å². The zero-order valence-electron chi connectivity index (χ0n) is 12.1. The van der Waals surface area contributed by atoms with Crippen molar-refractivity contribution in [3.05, 3.63) is 27.7 Å². The van der Waals surface area contributed by atoms with Crippen LogP contribution in [0.4, 0.5) is 5.69 Å². The summed E-state index contributed by atoms with van der Waals surface area (Å²) in [5, 5.41) is 0.745. The largest absolute Gasteiger partial charge is 0.367 e. The molecule has 0 radical (unpaired) electrons. The van der Waals surface area contributed by atoms with E-state index in [0.717, 1.165) is 41.4 Å². The van der Waals surface area contributed by atoms with Gasteiger partial charge < -0.3 is 9.80 Å². The van der Waals surface area contributed by atoms with Crippen LogP contribution in [0.25, 0.3) is 0 Å². The van der Waals surface area contributed by atoms with Crippen LogP contribution in [0.1, 0.15) is 20.8 Å². The van der Waals surface area contributed by atoms with Gasteiger partial charge in [-0.3, -0.25) is 4.79 Å². The van der Waals surface area contributed by atoms with Crippen LogP contribution in [0.5, 0.6) is 0 Å². The summed E-state index contributed by atoms with van der Waals surface area (Å²) in [6.45, 7) is 9.05. The van der Waals surface area contributed by atoms with Gasteiger partial charge in [-0.2, -0.15) is 0 Å². The standard InChI is InChI=1S/C15H20BrClN2O/c1-15(2,3)14(20)19-8-6-18(7-9-19)13-5-4-11(16)10-12(13)17/h4-5,10H,6-9H2,1-3H3. The minimum atomic E-state index is -0.308. The molecule has 0 unspecified atom stereocenters. The summed E-state index contributed by atoms with van der Waals surface area (Å²) in [5.41, 5.74) is 0.731. The third-order valence-electron chi connectivity index (χ3n) is 3.46. The highest BCUT2D eigenvalue weighted by atomic mass is 79.9. The number of hydrogen-bond donors (Lipinski definition) is 0. The second-order valence-corrected chi connectivity index (χ2v) is 7.45. The van der Waals surface area contributed by atoms with Crippen molar-refractivity contribution in [2.75, 3.05) is 31.1 Å². The number of nitrogens with zero attached hydrogens (tertiary/aromatic N) is 2. The van der Waals surface area contributed by atoms with Gasteiger partial charge in [-0.15, -0.1) is 0 Å². The molecule has 2 rings (SSSR count). The number of carbonyl (C=O) groups is 1. The van der Waals surface area contributed by atoms with Gasteiger partial charge in [-0.1, -0.05) is 48.3 Å². The Morgan fingerprint density at radius 2 is 1.80 bits per heavy atom. The van der Waals surface area contributed by atoms with Crippen molar-refractivity contribution in [1.29, 1.82) is 0 Å². The molecule has 0 spiro atoms. The molecule has 1 saturated heterocycles. The first-order valence-corrected chi connectivity index (χ1v) is 7.95. The molecule has 3 nitrogen and oxygen atoms in total. The van der Waals surface area contributed by atoms with Gasteiger partial charge in [-0.05, 0) is 18.2 Å². The molecule has 5 heteroatoms. The maximum atomic E-state index is 12.2. The third-order valence-corrected chi connectivity index (χ3v) is 4.25. The third kappa shape index (κ3) is 3.47. The van der Waals surface area contributed by atoms with Gasteiger partial charge in [0.25, 0.3) is 0 Å². The molecule has 1 aromatic rings. The number of amides is 1. The van der Waals surface area contributed by atoms with Crippen LogP contribution >= 0.6 is 27.5 Å². The van der Waals surface area contributed by atoms with Crippen molar-refractivity contribution >= 4 is 39.1 Å². The summed E-state index contributed by atoms with van der Waals surface area (Å²) < 4.78 is 0.979. The maximum Gasteiger partial charge on any atom is 0.228 e. The van der Waals surface area contributed by atoms with Crippen LogP contribution in [0.3, 0.4) is 0 Å². The molecule has 110 valence electrons. The van der Waals surface area contributed by atoms with Crippen LogP contribution in [-0.4, -0.2) is 37.0 Å². The number of anilines is 1. The lowest BCUT2D eigenvalue weighted by atomic mass is 9.94. The van der Waals surface area contributed by atoms with E-state index in [-0.39, 0.29) is 11.3 Å². The SMILES string of the molecule is CC(C)(C)C(=O)N1CCN(c2ccc(Br)cc2Cl)CC1. The Morgan fingerprint density at radius 1 is 1.20 bits per heavy atom. The predicted octanol–water partition coefficient (Wildman–Crippen LogP) is 3.80. The molecule has 0 aromatic heterocycles. The second kappa shape index (κ2) is 5.94. The zero-order valence-corrected chi connectivity index (χ0v) is 14.5. The quantitative estimate of drug-likeness (QED) is 0.761. The summed E-state index contributed by atoms with van der Waals surface area (Å²) >= 11 is 9.70. The molecule has 1 heterocycles. The molecule has 1 aromatic carbocycles. The number of hydrogen-bond acceptors (Lipinski definition) is 2. The van der Waals surface area contributed by atoms with Crippen LogP contribution in [-0.2, 0) is 4.79 Å². The average Bonchev–Trinajstić information content (AvgIpc) is 2.37. The van der Waals surface area contributed by atoms with E-state index in [9.17, 15) is 4.79 Å². The molecule has 0 bridgehead atoms. The molecule has 0 saturated carbocycles. The lowest BCUT2D eigenvalue weighted by Crippen LogP contribution is -2.51. The number of benzene rings is 1. The molecular formula is C15H20BrClN2O. The Labute approximate surface area is 134 Å². The van der Waals surface area contributed by atoms with E-state index in [1.807, 2.05) is 43.9 Å². The smallest absolute Gasteiger partial charge is 0.228 e. The lowest BCUT2D eigenvalue weighted by Gasteiger charge is -2.39. The highest BCUT2D eigenvalue weighted by Crippen LogP contribution is 2.30. The fourth-order valence-corrected chi connectivity index (χ4v) is 3.16. The van der Waals surface area contributed by atoms with Gasteiger partial charge in [0.2, 0.25) is 5.91 Å². The van der Waals surface area contributed by atoms with Gasteiger partial charge in [0.05, 0.1) is 10.7 Å². The summed E-state index contributed by atoms with van der Waals surface area (Å²) in [4.78, 5) is 16.4. The summed E-state index contributed by atoms with van der Waals surface area (Å²) in [5.74, 6) is 0.221. The Hall–Kier alpha value is -0.740. The van der Waals surface area contributed by atoms with E-state index in [2.05, 4.69) is 20.8 Å². The Kier molecular flexibility index (Phi) is 4.65. The minimum Gasteiger partial charge on any atom is -0.367 e. The molecule has 0 atom stereocenters. The first-order valence-electron chi connectivity index (χ1n) is 6.78. The van der Waals surface area contributed by atoms with Crippen molar-refractivity contribution in [2.45, 2.75) is 20.8 Å². The lowest BCUT2D eigenvalue weighted by molar-refractivity contribution is -0.139. The fourth-order valence-electron chi connectivity index (χ4n) is 2.36. The van der Waals surface area contributed by atoms with E-state index in [4.69, 9.17) is 11.6 Å². The molecule has 1 aliphatic rings. The van der Waals surface area contributed by atoms with Gasteiger partial charge in [0, 0.05) is 36.1 Å². The summed E-state index contributed by atoms with van der Waals surface area (Å²) in [6.07, 6.45) is 0. The van der Waals surface area contributed by atoms with Crippen LogP contribution in [0.15, 0.2) is 22.7 Å². The second-order valence-electron chi connectivity index (χ2n) is 6.12. The Bertz CT molecular complexity index is 505. The number of piperazine rings is 1. The molecule has 1 amide bonds. The van der Waals surface area contributed by atoms with E-state index in [1.54, 1.807) is 0 Å². The van der Waals surface area contributed by atoms with Crippen LogP contribution < -0.4 is 4.90 Å². The predicted molar refractivity (Wildman–Crippen MR) is 87.4 cm³/mol. The van der Waals surface area contributed by atoms with Gasteiger partial charge in [0.1, 0.15) is 0 Å². The highest BCUT2D eigenvalue weighted by molar-refractivity contribution is 9.10. The van der Waals surface area contributed by atoms with Crippen molar-refractivity contribution in [2.24, 2.45) is 5.41 Å². The van der Waals surface area contributed by atoms with Crippen molar-refractivity contribution in [1.82, 2.24) is 4.90 Å². The monoisotopic (exact) mass is 358 g/mol. The first kappa shape index (κ1) is 15.6. The van der Waals surface area contributed by atoms with Crippen molar-refractivity contribution in [3.63, 3.8) is 0 Å². The van der Waals surface area contributed by atoms with Gasteiger partial charge in [-0.25, -0.2) is 0 Å². The van der Waals surface area contributed by atoms with Crippen LogP contribution in [0.2, 0.25) is 5.02 Å². The number of rotatable bonds is 1. The molecule has 1 aliphatic heterocycles. The molecular weight excluding hydrogens is 340 g/mol. The van der Waals surface area contributed by atoms with Crippen molar-refractivity contribution in [3.8, 4) is 0 Å². The summed E-state index contributed by atoms with van der Waals surface area (Å²) in [6, 6.07) is 5.92. The van der Waals surface area contributed by atoms with E-state index in [0.29, 0.717) is 0 Å². The van der Waals surface area contributed by atoms with E-state index >= 15 is 0 Å². The zero-order chi connectivity index (χ0) is 14.9. The van der Waals surface area contributed by atoms with Gasteiger partial charge in [0.15, 0.2) is 0 Å². The number of carbonyl (C=O) groups excluding carboxylic acids is 1. The minimum absolute atomic E-state index is 0.221. The first-order chi connectivity index (χ1) is 9.29. The topological polar surface area (TPSA) is 23.6 Å². The van der Waals surface area contributed by atoms with Gasteiger partial charge >= 0.3 is 0 Å². The molecule has 0 aliphatic carbocycles. The average molecular weight is 360 g/mol. The highest BCUT2D eigenvalue weighted by Gasteiger charge is 2.30. The molecule has 0 N–H and O–H groups in total. The molecule has 1 fully saturated rings. The van der Waals surface area contributed by atoms with Crippen molar-refractivity contribution < 1.29 is 4.79 Å². The van der Waals surface area contributed by atoms with Crippen LogP contribution in [0, 0.1) is 5.41 Å². The number of halogens is 2. The maximum absolute atomic E-state index is 12.2. The van der Waals surface area contributed by atoms with E-state index in [1.165, 1.54) is 0 Å². The Morgan fingerprint density at radius 3 is 2.30 bits per heavy atom. The molecule has 20 heavy (non-hydrogen) atoms. The normalized spacial score (nSPS) is 16.4. The fraction of sp³-hybridized carbons (Fsp3) is 0.533.